The van der Waals surface area contributed by atoms with Gasteiger partial charge in [-0.05, 0) is 18.9 Å². The Morgan fingerprint density at radius 2 is 2.25 bits per heavy atom. The fourth-order valence-electron chi connectivity index (χ4n) is 1.77. The Hall–Kier alpha value is -2.15. The van der Waals surface area contributed by atoms with Crippen molar-refractivity contribution >= 4 is 17.3 Å². The summed E-state index contributed by atoms with van der Waals surface area (Å²) >= 11 is 0. The number of carbonyl (C=O) groups excluding carboxylic acids is 1. The number of hydrogen-bond acceptors (Lipinski definition) is 5. The van der Waals surface area contributed by atoms with Crippen molar-refractivity contribution in [1.29, 1.82) is 0 Å². The van der Waals surface area contributed by atoms with Crippen molar-refractivity contribution in [1.82, 2.24) is 5.32 Å². The number of nitro groups is 1. The third-order valence-corrected chi connectivity index (χ3v) is 2.99. The first-order valence-electron chi connectivity index (χ1n) is 6.44. The molecular formula is C13H17N3O4. The molecule has 0 aromatic heterocycles. The van der Waals surface area contributed by atoms with E-state index >= 15 is 0 Å². The minimum absolute atomic E-state index is 0.0942. The number of nitrogens with zero attached hydrogens (tertiary/aromatic N) is 1. The molecule has 0 heterocycles. The van der Waals surface area contributed by atoms with Crippen molar-refractivity contribution in [3.8, 4) is 0 Å². The van der Waals surface area contributed by atoms with Crippen LogP contribution in [0.1, 0.15) is 23.2 Å². The number of hydrogen-bond donors (Lipinski definition) is 2. The smallest absolute Gasteiger partial charge is 0.270 e. The maximum absolute atomic E-state index is 12.1. The van der Waals surface area contributed by atoms with E-state index in [-0.39, 0.29) is 17.6 Å². The van der Waals surface area contributed by atoms with Crippen molar-refractivity contribution in [3.63, 3.8) is 0 Å². The van der Waals surface area contributed by atoms with Crippen LogP contribution in [0.25, 0.3) is 0 Å². The summed E-state index contributed by atoms with van der Waals surface area (Å²) in [6.07, 6.45) is 1.93. The minimum Gasteiger partial charge on any atom is -0.383 e. The van der Waals surface area contributed by atoms with Gasteiger partial charge in [-0.3, -0.25) is 14.9 Å². The lowest BCUT2D eigenvalue weighted by Gasteiger charge is -2.11. The molecule has 1 saturated carbocycles. The van der Waals surface area contributed by atoms with Crippen LogP contribution in [0.15, 0.2) is 18.2 Å². The highest BCUT2D eigenvalue weighted by molar-refractivity contribution is 6.00. The summed E-state index contributed by atoms with van der Waals surface area (Å²) in [6.45, 7) is 1.01. The first-order chi connectivity index (χ1) is 9.61. The van der Waals surface area contributed by atoms with E-state index in [0.29, 0.717) is 24.4 Å². The molecule has 108 valence electrons. The molecule has 0 radical (unpaired) electrons. The van der Waals surface area contributed by atoms with Gasteiger partial charge in [0.2, 0.25) is 0 Å². The largest absolute Gasteiger partial charge is 0.383 e. The van der Waals surface area contributed by atoms with Crippen LogP contribution in [0.2, 0.25) is 0 Å². The molecule has 7 heteroatoms. The topological polar surface area (TPSA) is 93.5 Å². The number of methoxy groups -OCH3 is 1. The van der Waals surface area contributed by atoms with Crippen molar-refractivity contribution < 1.29 is 14.5 Å². The zero-order chi connectivity index (χ0) is 14.5. The van der Waals surface area contributed by atoms with Gasteiger partial charge in [-0.15, -0.1) is 0 Å². The van der Waals surface area contributed by atoms with Gasteiger partial charge in [0.1, 0.15) is 0 Å². The number of rotatable bonds is 7. The van der Waals surface area contributed by atoms with Crippen molar-refractivity contribution in [2.75, 3.05) is 25.6 Å². The van der Waals surface area contributed by atoms with E-state index in [0.717, 1.165) is 12.8 Å². The van der Waals surface area contributed by atoms with Gasteiger partial charge in [-0.2, -0.15) is 0 Å². The quantitative estimate of drug-likeness (QED) is 0.448. The highest BCUT2D eigenvalue weighted by atomic mass is 16.6. The number of carbonyl (C=O) groups is 1. The van der Waals surface area contributed by atoms with Crippen molar-refractivity contribution in [2.24, 2.45) is 0 Å². The zero-order valence-electron chi connectivity index (χ0n) is 11.2. The summed E-state index contributed by atoms with van der Waals surface area (Å²) in [5.41, 5.74) is 0.774. The van der Waals surface area contributed by atoms with E-state index < -0.39 is 4.92 Å². The minimum atomic E-state index is -0.507. The van der Waals surface area contributed by atoms with Crippen LogP contribution in [-0.4, -0.2) is 37.1 Å². The van der Waals surface area contributed by atoms with E-state index in [1.807, 2.05) is 0 Å². The number of nitro benzene ring substituents is 1. The number of ether oxygens (including phenoxy) is 1. The van der Waals surface area contributed by atoms with Crippen LogP contribution in [0.3, 0.4) is 0 Å². The fourth-order valence-corrected chi connectivity index (χ4v) is 1.77. The fraction of sp³-hybridized carbons (Fsp3) is 0.462. The lowest BCUT2D eigenvalue weighted by atomic mass is 10.1. The first kappa shape index (κ1) is 14.3. The summed E-state index contributed by atoms with van der Waals surface area (Å²) in [4.78, 5) is 22.4. The molecule has 0 unspecified atom stereocenters. The Balaban J connectivity index is 2.19. The van der Waals surface area contributed by atoms with Crippen LogP contribution in [0.4, 0.5) is 11.4 Å². The van der Waals surface area contributed by atoms with Crippen molar-refractivity contribution in [3.05, 3.63) is 33.9 Å². The van der Waals surface area contributed by atoms with Gasteiger partial charge in [0.25, 0.3) is 11.6 Å². The Bertz CT molecular complexity index is 514. The van der Waals surface area contributed by atoms with Crippen molar-refractivity contribution in [2.45, 2.75) is 18.9 Å². The van der Waals surface area contributed by atoms with Gasteiger partial charge in [0, 0.05) is 37.5 Å². The van der Waals surface area contributed by atoms with Crippen LogP contribution in [0, 0.1) is 10.1 Å². The van der Waals surface area contributed by atoms with E-state index in [2.05, 4.69) is 10.6 Å². The van der Waals surface area contributed by atoms with Crippen LogP contribution >= 0.6 is 0 Å². The van der Waals surface area contributed by atoms with Crippen LogP contribution in [0.5, 0.6) is 0 Å². The predicted octanol–water partition coefficient (Wildman–Crippen LogP) is 1.55. The Kier molecular flexibility index (Phi) is 4.52. The lowest BCUT2D eigenvalue weighted by molar-refractivity contribution is -0.384. The molecule has 2 N–H and O–H groups in total. The summed E-state index contributed by atoms with van der Waals surface area (Å²) in [5, 5.41) is 16.7. The molecule has 1 aromatic rings. The maximum Gasteiger partial charge on any atom is 0.270 e. The maximum atomic E-state index is 12.1. The second kappa shape index (κ2) is 6.33. The molecule has 0 saturated heterocycles. The first-order valence-corrected chi connectivity index (χ1v) is 6.44. The Morgan fingerprint density at radius 1 is 1.50 bits per heavy atom. The molecule has 1 fully saturated rings. The standard InChI is InChI=1S/C13H17N3O4/c1-20-7-6-14-12-5-4-10(16(18)19)8-11(12)13(17)15-9-2-3-9/h4-5,8-9,14H,2-3,6-7H2,1H3,(H,15,17). The average Bonchev–Trinajstić information content (AvgIpc) is 3.23. The molecule has 1 aromatic carbocycles. The molecule has 0 aliphatic heterocycles. The monoisotopic (exact) mass is 279 g/mol. The Morgan fingerprint density at radius 3 is 2.85 bits per heavy atom. The lowest BCUT2D eigenvalue weighted by Crippen LogP contribution is -2.26. The van der Waals surface area contributed by atoms with E-state index in [1.54, 1.807) is 13.2 Å². The van der Waals surface area contributed by atoms with Crippen LogP contribution < -0.4 is 10.6 Å². The molecule has 1 aliphatic carbocycles. The summed E-state index contributed by atoms with van der Waals surface area (Å²) in [7, 11) is 1.58. The molecule has 0 atom stereocenters. The average molecular weight is 279 g/mol. The molecule has 2 rings (SSSR count). The predicted molar refractivity (Wildman–Crippen MR) is 74.0 cm³/mol. The zero-order valence-corrected chi connectivity index (χ0v) is 11.2. The van der Waals surface area contributed by atoms with Crippen LogP contribution in [-0.2, 0) is 4.74 Å². The Labute approximate surface area is 116 Å². The molecule has 1 aliphatic rings. The number of amides is 1. The number of non-ortho nitro benzene ring substituents is 1. The third-order valence-electron chi connectivity index (χ3n) is 2.99. The van der Waals surface area contributed by atoms with E-state index in [1.165, 1.54) is 12.1 Å². The number of benzene rings is 1. The number of anilines is 1. The van der Waals surface area contributed by atoms with Gasteiger partial charge in [0.05, 0.1) is 17.1 Å². The highest BCUT2D eigenvalue weighted by Gasteiger charge is 2.25. The molecule has 7 nitrogen and oxygen atoms in total. The third kappa shape index (κ3) is 3.67. The summed E-state index contributed by atoms with van der Waals surface area (Å²) in [6, 6.07) is 4.43. The van der Waals surface area contributed by atoms with Gasteiger partial charge >= 0.3 is 0 Å². The number of nitrogens with one attached hydrogen (secondary N) is 2. The molecule has 20 heavy (non-hydrogen) atoms. The van der Waals surface area contributed by atoms with Gasteiger partial charge < -0.3 is 15.4 Å². The molecule has 0 spiro atoms. The highest BCUT2D eigenvalue weighted by Crippen LogP contribution is 2.24. The van der Waals surface area contributed by atoms with E-state index in [4.69, 9.17) is 4.74 Å². The molecular weight excluding hydrogens is 262 g/mol. The normalized spacial score (nSPS) is 13.8. The molecule has 0 bridgehead atoms. The van der Waals surface area contributed by atoms with Gasteiger partial charge in [0.15, 0.2) is 0 Å². The second-order valence-electron chi connectivity index (χ2n) is 4.65. The summed E-state index contributed by atoms with van der Waals surface area (Å²) in [5.74, 6) is -0.281. The molecule has 1 amide bonds. The second-order valence-corrected chi connectivity index (χ2v) is 4.65. The van der Waals surface area contributed by atoms with E-state index in [9.17, 15) is 14.9 Å². The van der Waals surface area contributed by atoms with Gasteiger partial charge in [-0.1, -0.05) is 0 Å². The SMILES string of the molecule is COCCNc1ccc([N+](=O)[O-])cc1C(=O)NC1CC1. The summed E-state index contributed by atoms with van der Waals surface area (Å²) < 4.78 is 4.93. The van der Waals surface area contributed by atoms with Gasteiger partial charge in [-0.25, -0.2) is 0 Å².